The van der Waals surface area contributed by atoms with E-state index in [-0.39, 0.29) is 11.6 Å². The highest BCUT2D eigenvalue weighted by Gasteiger charge is 2.78. The van der Waals surface area contributed by atoms with Gasteiger partial charge in [0, 0.05) is 0 Å². The van der Waals surface area contributed by atoms with Crippen LogP contribution < -0.4 is 0 Å². The maximum Gasteiger partial charge on any atom is 0.343 e. The van der Waals surface area contributed by atoms with E-state index in [1.54, 1.807) is 7.11 Å². The fourth-order valence-corrected chi connectivity index (χ4v) is 8.70. The van der Waals surface area contributed by atoms with E-state index in [2.05, 4.69) is 70.7 Å². The van der Waals surface area contributed by atoms with Crippen LogP contribution in [-0.2, 0) is 19.0 Å². The first-order chi connectivity index (χ1) is 19.8. The number of cyclic esters (lactones) is 1. The number of methoxy groups -OCH3 is 1. The van der Waals surface area contributed by atoms with Crippen molar-refractivity contribution in [3.63, 3.8) is 0 Å². The van der Waals surface area contributed by atoms with Crippen molar-refractivity contribution >= 4 is 5.97 Å². The van der Waals surface area contributed by atoms with E-state index in [1.807, 2.05) is 0 Å². The minimum atomic E-state index is -0.302. The van der Waals surface area contributed by atoms with Crippen LogP contribution in [0.4, 0.5) is 0 Å². The van der Waals surface area contributed by atoms with E-state index in [0.717, 1.165) is 74.7 Å². The molecule has 3 fully saturated rings. The van der Waals surface area contributed by atoms with Gasteiger partial charge in [-0.25, -0.2) is 4.79 Å². The molecule has 0 aromatic rings. The van der Waals surface area contributed by atoms with E-state index < -0.39 is 0 Å². The molecule has 0 aromatic heterocycles. The van der Waals surface area contributed by atoms with Crippen molar-refractivity contribution in [1.29, 1.82) is 0 Å². The Balaban J connectivity index is 1.01. The van der Waals surface area contributed by atoms with Gasteiger partial charge in [0.25, 0.3) is 0 Å². The summed E-state index contributed by atoms with van der Waals surface area (Å²) < 4.78 is 17.0. The maximum atomic E-state index is 11.8. The lowest BCUT2D eigenvalue weighted by molar-refractivity contribution is -0.133. The molecule has 0 bridgehead atoms. The molecule has 3 saturated carbocycles. The Bertz CT molecular complexity index is 1030. The first-order valence-electron chi connectivity index (χ1n) is 16.5. The Labute approximate surface area is 250 Å². The number of hydrogen-bond acceptors (Lipinski definition) is 4. The molecule has 6 unspecified atom stereocenters. The summed E-state index contributed by atoms with van der Waals surface area (Å²) in [4.78, 5) is 11.8. The molecule has 0 radical (unpaired) electrons. The van der Waals surface area contributed by atoms with Gasteiger partial charge < -0.3 is 14.2 Å². The average Bonchev–Trinajstić information content (AvgIpc) is 3.45. The Morgan fingerprint density at radius 2 is 1.66 bits per heavy atom. The Morgan fingerprint density at radius 3 is 2.37 bits per heavy atom. The number of carbonyl (C=O) groups excluding carboxylic acids is 1. The number of esters is 1. The monoisotopic (exact) mass is 564 g/mol. The van der Waals surface area contributed by atoms with Crippen LogP contribution >= 0.6 is 0 Å². The van der Waals surface area contributed by atoms with Crippen molar-refractivity contribution < 1.29 is 19.0 Å². The van der Waals surface area contributed by atoms with Crippen molar-refractivity contribution in [1.82, 2.24) is 0 Å². The van der Waals surface area contributed by atoms with Gasteiger partial charge in [-0.1, -0.05) is 76.6 Å². The van der Waals surface area contributed by atoms with Crippen LogP contribution in [0.5, 0.6) is 0 Å². The summed E-state index contributed by atoms with van der Waals surface area (Å²) in [5.41, 5.74) is 1.34. The van der Waals surface area contributed by atoms with Crippen LogP contribution in [0.15, 0.2) is 60.1 Å². The Morgan fingerprint density at radius 1 is 0.976 bits per heavy atom. The smallest absolute Gasteiger partial charge is 0.343 e. The molecule has 4 nitrogen and oxygen atoms in total. The number of hydrogen-bond donors (Lipinski definition) is 0. The van der Waals surface area contributed by atoms with Crippen LogP contribution in [0, 0.1) is 35.0 Å². The van der Waals surface area contributed by atoms with E-state index >= 15 is 0 Å². The zero-order valence-electron chi connectivity index (χ0n) is 26.6. The van der Waals surface area contributed by atoms with Gasteiger partial charge in [-0.3, -0.25) is 0 Å². The number of allylic oxidation sites excluding steroid dienone is 5. The number of rotatable bonds is 17. The number of ether oxygens (including phenoxy) is 3. The summed E-state index contributed by atoms with van der Waals surface area (Å²) in [6.07, 6.45) is 28.4. The molecule has 1 heterocycles. The fraction of sp³-hybridized carbons (Fsp3) is 0.703. The summed E-state index contributed by atoms with van der Waals surface area (Å²) in [6, 6.07) is 0. The lowest BCUT2D eigenvalue weighted by Crippen LogP contribution is -2.32. The van der Waals surface area contributed by atoms with Gasteiger partial charge in [-0.05, 0) is 113 Å². The van der Waals surface area contributed by atoms with Crippen molar-refractivity contribution in [3.8, 4) is 0 Å². The van der Waals surface area contributed by atoms with Crippen molar-refractivity contribution in [3.05, 3.63) is 60.1 Å². The molecule has 4 heteroatoms. The summed E-state index contributed by atoms with van der Waals surface area (Å²) in [5.74, 6) is 4.87. The minimum absolute atomic E-state index is 0.101. The van der Waals surface area contributed by atoms with E-state index in [0.29, 0.717) is 28.9 Å². The Hall–Kier alpha value is -2.07. The zero-order chi connectivity index (χ0) is 29.5. The second-order valence-corrected chi connectivity index (χ2v) is 13.6. The number of fused-ring (bicyclic) bond motifs is 1. The molecule has 228 valence electrons. The van der Waals surface area contributed by atoms with Crippen molar-refractivity contribution in [2.75, 3.05) is 13.7 Å². The predicted octanol–water partition coefficient (Wildman–Crippen LogP) is 9.64. The molecule has 1 spiro atoms. The number of unbranched alkanes of at least 4 members (excludes halogenated alkanes) is 4. The lowest BCUT2D eigenvalue weighted by atomic mass is 9.69. The molecule has 0 amide bonds. The third-order valence-corrected chi connectivity index (χ3v) is 10.8. The summed E-state index contributed by atoms with van der Waals surface area (Å²) in [5, 5.41) is 0. The third kappa shape index (κ3) is 7.12. The molecule has 0 saturated heterocycles. The normalized spacial score (nSPS) is 33.0. The van der Waals surface area contributed by atoms with Crippen molar-refractivity contribution in [2.45, 2.75) is 117 Å². The van der Waals surface area contributed by atoms with Crippen molar-refractivity contribution in [2.24, 2.45) is 35.0 Å². The molecule has 4 rings (SSSR count). The van der Waals surface area contributed by atoms with Crippen LogP contribution in [-0.4, -0.2) is 25.3 Å². The molecule has 4 aliphatic rings. The quantitative estimate of drug-likeness (QED) is 0.100. The molecular formula is C37H56O4. The third-order valence-electron chi connectivity index (χ3n) is 10.8. The average molecular weight is 565 g/mol. The van der Waals surface area contributed by atoms with E-state index in [9.17, 15) is 4.79 Å². The molecule has 6 atom stereocenters. The SMILES string of the molecule is C=C1OC(=O)C(CCCCCCC=CCC=CCC=CCCOC2(C)CCC34C(C)CCC(C(C)C)C3C24)=C1OC. The largest absolute Gasteiger partial charge is 0.492 e. The second kappa shape index (κ2) is 14.4. The molecule has 0 N–H and O–H groups in total. The van der Waals surface area contributed by atoms with E-state index in [1.165, 1.54) is 38.5 Å². The second-order valence-electron chi connectivity index (χ2n) is 13.6. The molecule has 0 aromatic carbocycles. The summed E-state index contributed by atoms with van der Waals surface area (Å²) in [7, 11) is 1.56. The summed E-state index contributed by atoms with van der Waals surface area (Å²) >= 11 is 0. The molecule has 1 aliphatic heterocycles. The van der Waals surface area contributed by atoms with Crippen LogP contribution in [0.3, 0.4) is 0 Å². The number of carbonyl (C=O) groups is 1. The standard InChI is InChI=1S/C37H56O4/c1-27(2)30-23-22-28(3)37-25-24-36(5,34(37)32(30)37)40-26-20-18-16-14-12-10-8-7-9-11-13-15-17-19-21-31-33(39-6)29(4)41-35(31)38/h7,9-10,12,16,18,27-28,30,32,34H,4,8,11,13-15,17,19-26H2,1-3,5-6H3. The zero-order valence-corrected chi connectivity index (χ0v) is 26.6. The highest BCUT2D eigenvalue weighted by molar-refractivity contribution is 5.93. The van der Waals surface area contributed by atoms with Gasteiger partial charge in [0.2, 0.25) is 0 Å². The van der Waals surface area contributed by atoms with Crippen LogP contribution in [0.1, 0.15) is 111 Å². The van der Waals surface area contributed by atoms with E-state index in [4.69, 9.17) is 14.2 Å². The van der Waals surface area contributed by atoms with Gasteiger partial charge in [0.1, 0.15) is 0 Å². The van der Waals surface area contributed by atoms with Crippen LogP contribution in [0.2, 0.25) is 0 Å². The first-order valence-corrected chi connectivity index (χ1v) is 16.5. The van der Waals surface area contributed by atoms with Gasteiger partial charge >= 0.3 is 5.97 Å². The fourth-order valence-electron chi connectivity index (χ4n) is 8.70. The topological polar surface area (TPSA) is 44.8 Å². The molecule has 41 heavy (non-hydrogen) atoms. The van der Waals surface area contributed by atoms with Gasteiger partial charge in [-0.2, -0.15) is 0 Å². The molecular weight excluding hydrogens is 508 g/mol. The maximum absolute atomic E-state index is 11.8. The molecule has 3 aliphatic carbocycles. The summed E-state index contributed by atoms with van der Waals surface area (Å²) in [6.45, 7) is 14.4. The first kappa shape index (κ1) is 31.9. The van der Waals surface area contributed by atoms with Crippen LogP contribution in [0.25, 0.3) is 0 Å². The Kier molecular flexibility index (Phi) is 11.2. The lowest BCUT2D eigenvalue weighted by Gasteiger charge is -2.36. The predicted molar refractivity (Wildman–Crippen MR) is 168 cm³/mol. The van der Waals surface area contributed by atoms with Gasteiger partial charge in [-0.15, -0.1) is 0 Å². The van der Waals surface area contributed by atoms with Gasteiger partial charge in [0.05, 0.1) is 24.9 Å². The van der Waals surface area contributed by atoms with Gasteiger partial charge in [0.15, 0.2) is 11.5 Å². The highest BCUT2D eigenvalue weighted by atomic mass is 16.6. The minimum Gasteiger partial charge on any atom is -0.492 e. The highest BCUT2D eigenvalue weighted by Crippen LogP contribution is 2.81.